The van der Waals surface area contributed by atoms with Crippen LogP contribution in [0, 0.1) is 0 Å². The Morgan fingerprint density at radius 2 is 1.94 bits per heavy atom. The minimum atomic E-state index is -0.00870. The fourth-order valence-corrected chi connectivity index (χ4v) is 3.41. The van der Waals surface area contributed by atoms with Crippen molar-refractivity contribution in [3.05, 3.63) is 18.2 Å². The summed E-state index contributed by atoms with van der Waals surface area (Å²) >= 11 is 0. The van der Waals surface area contributed by atoms with Gasteiger partial charge in [0.05, 0.1) is 6.04 Å². The van der Waals surface area contributed by atoms with Gasteiger partial charge in [-0.2, -0.15) is 0 Å². The molecule has 1 fully saturated rings. The lowest BCUT2D eigenvalue weighted by Crippen LogP contribution is -2.54. The molecule has 4 heteroatoms. The first-order chi connectivity index (χ1) is 8.65. The predicted molar refractivity (Wildman–Crippen MR) is 74.3 cm³/mol. The highest BCUT2D eigenvalue weighted by molar-refractivity contribution is 5.10. The van der Waals surface area contributed by atoms with Crippen LogP contribution in [-0.4, -0.2) is 33.1 Å². The summed E-state index contributed by atoms with van der Waals surface area (Å²) in [6.07, 6.45) is 8.59. The van der Waals surface area contributed by atoms with Crippen LogP contribution < -0.4 is 5.73 Å². The van der Waals surface area contributed by atoms with Gasteiger partial charge in [-0.3, -0.25) is 4.90 Å². The van der Waals surface area contributed by atoms with Gasteiger partial charge in [-0.1, -0.05) is 13.8 Å². The van der Waals surface area contributed by atoms with E-state index in [1.54, 1.807) is 0 Å². The molecule has 0 bridgehead atoms. The maximum atomic E-state index is 6.60. The van der Waals surface area contributed by atoms with E-state index in [4.69, 9.17) is 5.73 Å². The second-order valence-electron chi connectivity index (χ2n) is 5.38. The van der Waals surface area contributed by atoms with Crippen molar-refractivity contribution in [2.24, 2.45) is 12.8 Å². The predicted octanol–water partition coefficient (Wildman–Crippen LogP) is 2.07. The molecule has 1 aliphatic heterocycles. The lowest BCUT2D eigenvalue weighted by molar-refractivity contribution is 0.0727. The SMILES string of the molecule is CCC(CC)(C(N)c1nccn1C)N1CCCC1. The zero-order valence-corrected chi connectivity index (χ0v) is 11.9. The minimum absolute atomic E-state index is 0.00870. The maximum Gasteiger partial charge on any atom is 0.127 e. The van der Waals surface area contributed by atoms with E-state index in [9.17, 15) is 0 Å². The number of imidazole rings is 1. The fourth-order valence-electron chi connectivity index (χ4n) is 3.41. The largest absolute Gasteiger partial charge is 0.337 e. The Morgan fingerprint density at radius 1 is 1.33 bits per heavy atom. The van der Waals surface area contributed by atoms with Crippen molar-refractivity contribution in [2.45, 2.75) is 51.1 Å². The van der Waals surface area contributed by atoms with Crippen LogP contribution in [0.4, 0.5) is 0 Å². The number of nitrogens with zero attached hydrogens (tertiary/aromatic N) is 3. The Balaban J connectivity index is 2.31. The number of rotatable bonds is 5. The summed E-state index contributed by atoms with van der Waals surface area (Å²) in [7, 11) is 2.03. The number of nitrogens with two attached hydrogens (primary N) is 1. The van der Waals surface area contributed by atoms with Gasteiger partial charge in [0.15, 0.2) is 0 Å². The highest BCUT2D eigenvalue weighted by atomic mass is 15.2. The smallest absolute Gasteiger partial charge is 0.127 e. The summed E-state index contributed by atoms with van der Waals surface area (Å²) in [5, 5.41) is 0. The summed E-state index contributed by atoms with van der Waals surface area (Å²) in [4.78, 5) is 7.05. The van der Waals surface area contributed by atoms with Gasteiger partial charge in [0.25, 0.3) is 0 Å². The molecule has 18 heavy (non-hydrogen) atoms. The van der Waals surface area contributed by atoms with Gasteiger partial charge in [0.1, 0.15) is 5.82 Å². The van der Waals surface area contributed by atoms with Gasteiger partial charge < -0.3 is 10.3 Å². The van der Waals surface area contributed by atoms with Gasteiger partial charge in [0.2, 0.25) is 0 Å². The second kappa shape index (κ2) is 5.41. The number of aryl methyl sites for hydroxylation is 1. The molecule has 0 aliphatic carbocycles. The van der Waals surface area contributed by atoms with Gasteiger partial charge in [0, 0.05) is 25.0 Å². The van der Waals surface area contributed by atoms with Gasteiger partial charge >= 0.3 is 0 Å². The molecule has 4 nitrogen and oxygen atoms in total. The highest BCUT2D eigenvalue weighted by Crippen LogP contribution is 2.37. The molecule has 1 aromatic heterocycles. The van der Waals surface area contributed by atoms with Crippen LogP contribution in [0.1, 0.15) is 51.4 Å². The zero-order valence-electron chi connectivity index (χ0n) is 11.9. The first kappa shape index (κ1) is 13.6. The molecule has 2 rings (SSSR count). The average Bonchev–Trinajstić information content (AvgIpc) is 3.02. The lowest BCUT2D eigenvalue weighted by Gasteiger charge is -2.45. The normalized spacial score (nSPS) is 19.3. The van der Waals surface area contributed by atoms with Crippen molar-refractivity contribution >= 4 is 0 Å². The van der Waals surface area contributed by atoms with Crippen molar-refractivity contribution < 1.29 is 0 Å². The summed E-state index contributed by atoms with van der Waals surface area (Å²) in [5.74, 6) is 1.01. The van der Waals surface area contributed by atoms with E-state index in [1.165, 1.54) is 25.9 Å². The fraction of sp³-hybridized carbons (Fsp3) is 0.786. The molecule has 2 heterocycles. The van der Waals surface area contributed by atoms with E-state index >= 15 is 0 Å². The molecule has 1 aromatic rings. The minimum Gasteiger partial charge on any atom is -0.337 e. The Bertz CT molecular complexity index is 375. The molecule has 2 N–H and O–H groups in total. The number of hydrogen-bond acceptors (Lipinski definition) is 3. The van der Waals surface area contributed by atoms with Crippen molar-refractivity contribution in [2.75, 3.05) is 13.1 Å². The van der Waals surface area contributed by atoms with Crippen molar-refractivity contribution in [3.8, 4) is 0 Å². The Labute approximate surface area is 110 Å². The second-order valence-corrected chi connectivity index (χ2v) is 5.38. The van der Waals surface area contributed by atoms with Crippen LogP contribution in [0.3, 0.4) is 0 Å². The summed E-state index contributed by atoms with van der Waals surface area (Å²) in [5.41, 5.74) is 6.66. The third-order valence-corrected chi connectivity index (χ3v) is 4.68. The van der Waals surface area contributed by atoms with Gasteiger partial charge in [-0.15, -0.1) is 0 Å². The van der Waals surface area contributed by atoms with E-state index in [0.717, 1.165) is 18.7 Å². The third kappa shape index (κ3) is 2.08. The summed E-state index contributed by atoms with van der Waals surface area (Å²) in [6.45, 7) is 6.87. The van der Waals surface area contributed by atoms with Crippen molar-refractivity contribution in [1.29, 1.82) is 0 Å². The standard InChI is InChI=1S/C14H26N4/c1-4-14(5-2,18-9-6-7-10-18)12(15)13-16-8-11-17(13)3/h8,11-12H,4-7,9-10,15H2,1-3H3. The first-order valence-corrected chi connectivity index (χ1v) is 7.13. The van der Waals surface area contributed by atoms with Crippen molar-refractivity contribution in [3.63, 3.8) is 0 Å². The molecule has 0 spiro atoms. The molecule has 1 unspecified atom stereocenters. The van der Waals surface area contributed by atoms with Gasteiger partial charge in [-0.25, -0.2) is 4.98 Å². The van der Waals surface area contributed by atoms with Crippen LogP contribution in [0.25, 0.3) is 0 Å². The lowest BCUT2D eigenvalue weighted by atomic mass is 9.82. The molecular formula is C14H26N4. The molecule has 0 aromatic carbocycles. The molecule has 1 saturated heterocycles. The van der Waals surface area contributed by atoms with E-state index in [0.29, 0.717) is 0 Å². The Kier molecular flexibility index (Phi) is 4.07. The molecular weight excluding hydrogens is 224 g/mol. The van der Waals surface area contributed by atoms with E-state index < -0.39 is 0 Å². The maximum absolute atomic E-state index is 6.60. The Morgan fingerprint density at radius 3 is 2.39 bits per heavy atom. The average molecular weight is 250 g/mol. The first-order valence-electron chi connectivity index (χ1n) is 7.13. The molecule has 102 valence electrons. The number of aromatic nitrogens is 2. The monoisotopic (exact) mass is 250 g/mol. The molecule has 0 saturated carbocycles. The van der Waals surface area contributed by atoms with Crippen LogP contribution >= 0.6 is 0 Å². The van der Waals surface area contributed by atoms with E-state index in [-0.39, 0.29) is 11.6 Å². The summed E-state index contributed by atoms with van der Waals surface area (Å²) < 4.78 is 2.06. The Hall–Kier alpha value is -0.870. The van der Waals surface area contributed by atoms with Crippen LogP contribution in [0.15, 0.2) is 12.4 Å². The topological polar surface area (TPSA) is 47.1 Å². The van der Waals surface area contributed by atoms with Crippen LogP contribution in [0.2, 0.25) is 0 Å². The summed E-state index contributed by atoms with van der Waals surface area (Å²) in [6, 6.07) is -0.00870. The molecule has 1 atom stereocenters. The molecule has 0 amide bonds. The molecule has 1 aliphatic rings. The molecule has 0 radical (unpaired) electrons. The quantitative estimate of drug-likeness (QED) is 0.870. The number of likely N-dealkylation sites (tertiary alicyclic amines) is 1. The third-order valence-electron chi connectivity index (χ3n) is 4.68. The number of hydrogen-bond donors (Lipinski definition) is 1. The highest BCUT2D eigenvalue weighted by Gasteiger charge is 2.42. The zero-order chi connectivity index (χ0) is 13.2. The van der Waals surface area contributed by atoms with E-state index in [2.05, 4.69) is 28.3 Å². The van der Waals surface area contributed by atoms with E-state index in [1.807, 2.05) is 19.4 Å². The van der Waals surface area contributed by atoms with Gasteiger partial charge in [-0.05, 0) is 38.8 Å². The van der Waals surface area contributed by atoms with Crippen LogP contribution in [0.5, 0.6) is 0 Å². The van der Waals surface area contributed by atoms with Crippen molar-refractivity contribution in [1.82, 2.24) is 14.5 Å². The van der Waals surface area contributed by atoms with Crippen LogP contribution in [-0.2, 0) is 7.05 Å².